The third-order valence-electron chi connectivity index (χ3n) is 5.14. The average Bonchev–Trinajstić information content (AvgIpc) is 3.38. The summed E-state index contributed by atoms with van der Waals surface area (Å²) in [7, 11) is -4.52. The molecule has 0 bridgehead atoms. The zero-order valence-electron chi connectivity index (χ0n) is 13.6. The topological polar surface area (TPSA) is 76.0 Å². The van der Waals surface area contributed by atoms with Crippen LogP contribution in [0.25, 0.3) is 0 Å². The van der Waals surface area contributed by atoms with Crippen molar-refractivity contribution in [2.75, 3.05) is 6.79 Å². The first kappa shape index (κ1) is 20.4. The van der Waals surface area contributed by atoms with Gasteiger partial charge >= 0.3 is 37.4 Å². The quantitative estimate of drug-likeness (QED) is 0.419. The molecule has 0 heterocycles. The zero-order chi connectivity index (χ0) is 16.6. The first-order valence-electron chi connectivity index (χ1n) is 8.32. The molecule has 5 nitrogen and oxygen atoms in total. The first-order chi connectivity index (χ1) is 10.9. The van der Waals surface area contributed by atoms with Crippen molar-refractivity contribution in [2.45, 2.75) is 51.4 Å². The number of para-hydroxylation sites is 1. The van der Waals surface area contributed by atoms with Gasteiger partial charge in [0.15, 0.2) is 6.79 Å². The molecule has 3 rings (SSSR count). The number of rotatable bonds is 8. The van der Waals surface area contributed by atoms with Gasteiger partial charge in [-0.15, -0.1) is 0 Å². The van der Waals surface area contributed by atoms with Crippen molar-refractivity contribution in [3.63, 3.8) is 0 Å². The predicted octanol–water partition coefficient (Wildman–Crippen LogP) is 3.51. The molecule has 2 atom stereocenters. The minimum absolute atomic E-state index is 0. The number of phosphoric ester groups is 1. The van der Waals surface area contributed by atoms with E-state index in [1.165, 1.54) is 25.7 Å². The van der Waals surface area contributed by atoms with Gasteiger partial charge in [0.05, 0.1) is 0 Å². The monoisotopic (exact) mass is 364 g/mol. The van der Waals surface area contributed by atoms with Crippen molar-refractivity contribution in [1.29, 1.82) is 0 Å². The first-order valence-corrected chi connectivity index (χ1v) is 9.85. The van der Waals surface area contributed by atoms with E-state index in [-0.39, 0.29) is 29.6 Å². The van der Waals surface area contributed by atoms with Crippen LogP contribution < -0.4 is 4.74 Å². The fraction of sp³-hybridized carbons (Fsp3) is 0.647. The van der Waals surface area contributed by atoms with Crippen LogP contribution >= 0.6 is 7.82 Å². The van der Waals surface area contributed by atoms with E-state index in [4.69, 9.17) is 14.5 Å². The van der Waals surface area contributed by atoms with Gasteiger partial charge in [0.1, 0.15) is 5.75 Å². The predicted molar refractivity (Wildman–Crippen MR) is 94.5 cm³/mol. The normalized spacial score (nSPS) is 20.2. The molecule has 0 aliphatic heterocycles. The van der Waals surface area contributed by atoms with Gasteiger partial charge < -0.3 is 14.5 Å². The van der Waals surface area contributed by atoms with Gasteiger partial charge in [-0.05, 0) is 60.5 Å². The molecule has 0 amide bonds. The van der Waals surface area contributed by atoms with Gasteiger partial charge in [-0.2, -0.15) is 0 Å². The van der Waals surface area contributed by atoms with Gasteiger partial charge in [0.2, 0.25) is 0 Å². The van der Waals surface area contributed by atoms with Gasteiger partial charge in [-0.1, -0.05) is 32.0 Å². The Labute approximate surface area is 165 Å². The van der Waals surface area contributed by atoms with E-state index in [0.29, 0.717) is 23.7 Å². The molecule has 0 saturated heterocycles. The van der Waals surface area contributed by atoms with Crippen LogP contribution in [0.3, 0.4) is 0 Å². The Morgan fingerprint density at radius 2 is 1.54 bits per heavy atom. The van der Waals surface area contributed by atoms with Crippen LogP contribution in [0.2, 0.25) is 0 Å². The molecule has 2 N–H and O–H groups in total. The maximum absolute atomic E-state index is 10.9. The maximum atomic E-state index is 10.9. The average molecular weight is 364 g/mol. The SMILES string of the molecule is C[C@H](c1cccc([C@H](C)C2CC2)c1OCOP(=O)(O)O)C1CC1.[NaH]. The van der Waals surface area contributed by atoms with Gasteiger partial charge in [0, 0.05) is 0 Å². The number of hydrogen-bond acceptors (Lipinski definition) is 3. The van der Waals surface area contributed by atoms with E-state index in [1.54, 1.807) is 0 Å². The summed E-state index contributed by atoms with van der Waals surface area (Å²) in [6, 6.07) is 6.21. The van der Waals surface area contributed by atoms with Crippen molar-refractivity contribution in [3.8, 4) is 5.75 Å². The summed E-state index contributed by atoms with van der Waals surface area (Å²) in [5.74, 6) is 2.93. The van der Waals surface area contributed by atoms with E-state index in [0.717, 1.165) is 16.9 Å². The molecule has 0 aromatic heterocycles. The van der Waals surface area contributed by atoms with Crippen molar-refractivity contribution < 1.29 is 23.6 Å². The van der Waals surface area contributed by atoms with Crippen LogP contribution in [-0.2, 0) is 9.09 Å². The van der Waals surface area contributed by atoms with E-state index < -0.39 is 14.6 Å². The zero-order valence-corrected chi connectivity index (χ0v) is 14.5. The molecule has 7 heteroatoms. The van der Waals surface area contributed by atoms with Gasteiger partial charge in [-0.3, -0.25) is 0 Å². The Morgan fingerprint density at radius 3 is 1.92 bits per heavy atom. The van der Waals surface area contributed by atoms with Crippen molar-refractivity contribution in [1.82, 2.24) is 0 Å². The van der Waals surface area contributed by atoms with Crippen LogP contribution in [0.4, 0.5) is 0 Å². The molecule has 2 aliphatic rings. The van der Waals surface area contributed by atoms with Crippen LogP contribution in [-0.4, -0.2) is 46.1 Å². The molecule has 2 saturated carbocycles. The van der Waals surface area contributed by atoms with E-state index in [2.05, 4.69) is 36.6 Å². The Morgan fingerprint density at radius 1 is 1.08 bits per heavy atom. The van der Waals surface area contributed by atoms with Gasteiger partial charge in [-0.25, -0.2) is 9.09 Å². The summed E-state index contributed by atoms with van der Waals surface area (Å²) < 4.78 is 21.1. The van der Waals surface area contributed by atoms with E-state index in [1.807, 2.05) is 0 Å². The Hall–Kier alpha value is 0.130. The second kappa shape index (κ2) is 8.22. The third kappa shape index (κ3) is 5.31. The molecular formula is C17H26NaO5P. The molecule has 130 valence electrons. The standard InChI is InChI=1S/C17H25O5P.Na.H/c1-11(13-6-7-13)15-4-3-5-16(12(2)14-8-9-14)17(15)21-10-22-23(18,19)20;;/h3-5,11-14H,6-10H2,1-2H3,(H2,18,19,20);;/t11-,12+;;. The van der Waals surface area contributed by atoms with Crippen LogP contribution in [0.5, 0.6) is 5.75 Å². The third-order valence-corrected chi connectivity index (χ3v) is 5.58. The van der Waals surface area contributed by atoms with Crippen molar-refractivity contribution in [3.05, 3.63) is 29.3 Å². The number of phosphoric acid groups is 1. The van der Waals surface area contributed by atoms with Gasteiger partial charge in [0.25, 0.3) is 0 Å². The minimum atomic E-state index is -4.52. The van der Waals surface area contributed by atoms with E-state index in [9.17, 15) is 4.57 Å². The summed E-state index contributed by atoms with van der Waals surface area (Å²) in [5.41, 5.74) is 2.26. The molecule has 1 aromatic carbocycles. The molecule has 1 aromatic rings. The second-order valence-corrected chi connectivity index (χ2v) is 8.14. The Balaban J connectivity index is 0.00000208. The van der Waals surface area contributed by atoms with Crippen LogP contribution in [0, 0.1) is 11.8 Å². The summed E-state index contributed by atoms with van der Waals surface area (Å²) in [4.78, 5) is 17.7. The number of ether oxygens (including phenoxy) is 1. The number of benzene rings is 1. The van der Waals surface area contributed by atoms with Crippen molar-refractivity contribution in [2.24, 2.45) is 11.8 Å². The Bertz CT molecular complexity index is 573. The summed E-state index contributed by atoms with van der Waals surface area (Å²) >= 11 is 0. The molecule has 2 aliphatic carbocycles. The summed E-state index contributed by atoms with van der Waals surface area (Å²) in [6.45, 7) is 3.98. The van der Waals surface area contributed by atoms with Crippen LogP contribution in [0.15, 0.2) is 18.2 Å². The van der Waals surface area contributed by atoms with Crippen LogP contribution in [0.1, 0.15) is 62.5 Å². The molecule has 24 heavy (non-hydrogen) atoms. The molecule has 0 spiro atoms. The fourth-order valence-corrected chi connectivity index (χ4v) is 3.50. The second-order valence-electron chi connectivity index (χ2n) is 6.90. The fourth-order valence-electron chi connectivity index (χ4n) is 3.31. The Kier molecular flexibility index (Phi) is 7.00. The molecule has 2 fully saturated rings. The molecular weight excluding hydrogens is 338 g/mol. The van der Waals surface area contributed by atoms with Crippen molar-refractivity contribution >= 4 is 37.4 Å². The molecule has 0 unspecified atom stereocenters. The number of hydrogen-bond donors (Lipinski definition) is 2. The molecule has 0 radical (unpaired) electrons. The summed E-state index contributed by atoms with van der Waals surface area (Å²) in [6.07, 6.45) is 4.95. The van der Waals surface area contributed by atoms with E-state index >= 15 is 0 Å². The summed E-state index contributed by atoms with van der Waals surface area (Å²) in [5, 5.41) is 0.